The zero-order chi connectivity index (χ0) is 14.5. The van der Waals surface area contributed by atoms with Gasteiger partial charge >= 0.3 is 7.60 Å². The van der Waals surface area contributed by atoms with Gasteiger partial charge in [0.05, 0.1) is 18.2 Å². The Hall–Kier alpha value is -0.580. The van der Waals surface area contributed by atoms with Crippen molar-refractivity contribution in [3.05, 3.63) is 33.8 Å². The number of hydrogen-bond donors (Lipinski definition) is 1. The minimum Gasteiger partial charge on any atom is -0.410 e. The van der Waals surface area contributed by atoms with E-state index in [0.717, 1.165) is 0 Å². The van der Waals surface area contributed by atoms with Crippen LogP contribution in [-0.2, 0) is 13.6 Å². The lowest BCUT2D eigenvalue weighted by Crippen LogP contribution is -2.09. The summed E-state index contributed by atoms with van der Waals surface area (Å²) in [5, 5.41) is 12.8. The number of rotatable bonds is 6. The summed E-state index contributed by atoms with van der Waals surface area (Å²) in [6.07, 6.45) is 0. The van der Waals surface area contributed by atoms with E-state index in [1.807, 2.05) is 0 Å². The lowest BCUT2D eigenvalue weighted by atomic mass is 10.2. The van der Waals surface area contributed by atoms with Gasteiger partial charge in [-0.25, -0.2) is 0 Å². The van der Waals surface area contributed by atoms with E-state index in [1.165, 1.54) is 18.2 Å². The predicted molar refractivity (Wildman–Crippen MR) is 75.6 cm³/mol. The minimum absolute atomic E-state index is 0.140. The molecular weight excluding hydrogens is 312 g/mol. The molecule has 8 heteroatoms. The predicted octanol–water partition coefficient (Wildman–Crippen LogP) is 4.40. The number of hydrogen-bond acceptors (Lipinski definition) is 5. The maximum atomic E-state index is 12.6. The van der Waals surface area contributed by atoms with Crippen LogP contribution in [0.3, 0.4) is 0 Å². The molecule has 0 spiro atoms. The van der Waals surface area contributed by atoms with Crippen LogP contribution < -0.4 is 0 Å². The lowest BCUT2D eigenvalue weighted by molar-refractivity contribution is 0.230. The molecule has 0 atom stereocenters. The van der Waals surface area contributed by atoms with Gasteiger partial charge < -0.3 is 14.3 Å². The molecule has 1 N–H and O–H groups in total. The summed E-state index contributed by atoms with van der Waals surface area (Å²) in [5.41, 5.74) is 0.0108. The molecule has 0 radical (unpaired) electrons. The van der Waals surface area contributed by atoms with Crippen molar-refractivity contribution in [1.29, 1.82) is 0 Å². The first-order valence-electron chi connectivity index (χ1n) is 5.55. The molecule has 106 valence electrons. The topological polar surface area (TPSA) is 68.1 Å². The molecule has 0 aromatic heterocycles. The highest BCUT2D eigenvalue weighted by molar-refractivity contribution is 7.73. The Bertz CT molecular complexity index is 511. The molecule has 1 aromatic rings. The van der Waals surface area contributed by atoms with Gasteiger partial charge in [-0.3, -0.25) is 4.57 Å². The lowest BCUT2D eigenvalue weighted by Gasteiger charge is -2.18. The van der Waals surface area contributed by atoms with Crippen molar-refractivity contribution in [3.63, 3.8) is 0 Å². The Morgan fingerprint density at radius 3 is 2.32 bits per heavy atom. The highest BCUT2D eigenvalue weighted by Gasteiger charge is 2.34. The third-order valence-electron chi connectivity index (χ3n) is 2.12. The van der Waals surface area contributed by atoms with Gasteiger partial charge in [0, 0.05) is 10.6 Å². The first-order chi connectivity index (χ1) is 8.98. The van der Waals surface area contributed by atoms with Gasteiger partial charge in [0.15, 0.2) is 5.45 Å². The maximum absolute atomic E-state index is 12.6. The smallest absolute Gasteiger partial charge is 0.383 e. The van der Waals surface area contributed by atoms with Gasteiger partial charge in [0.2, 0.25) is 0 Å². The standard InChI is InChI=1S/C11H14Cl2NO4P/c1-3-17-19(16,18-4-2)11(14-15)9-6-5-8(12)7-10(9)13/h5-7,15H,3-4H2,1-2H3/b14-11+. The fourth-order valence-electron chi connectivity index (χ4n) is 1.43. The molecule has 0 aliphatic rings. The summed E-state index contributed by atoms with van der Waals surface area (Å²) >= 11 is 11.8. The normalized spacial score (nSPS) is 12.7. The number of halogens is 2. The van der Waals surface area contributed by atoms with E-state index < -0.39 is 7.60 Å². The van der Waals surface area contributed by atoms with Crippen LogP contribution in [0.4, 0.5) is 0 Å². The van der Waals surface area contributed by atoms with E-state index in [-0.39, 0.29) is 29.3 Å². The molecular formula is C11H14Cl2NO4P. The van der Waals surface area contributed by atoms with Crippen molar-refractivity contribution < 1.29 is 18.8 Å². The first kappa shape index (κ1) is 16.5. The molecule has 0 fully saturated rings. The largest absolute Gasteiger partial charge is 0.410 e. The van der Waals surface area contributed by atoms with Crippen LogP contribution in [-0.4, -0.2) is 23.9 Å². The summed E-state index contributed by atoms with van der Waals surface area (Å²) < 4.78 is 22.8. The van der Waals surface area contributed by atoms with Gasteiger partial charge in [0.1, 0.15) is 0 Å². The third-order valence-corrected chi connectivity index (χ3v) is 4.72. The van der Waals surface area contributed by atoms with E-state index >= 15 is 0 Å². The van der Waals surface area contributed by atoms with Crippen LogP contribution in [0.25, 0.3) is 0 Å². The van der Waals surface area contributed by atoms with Crippen molar-refractivity contribution in [2.24, 2.45) is 5.16 Å². The monoisotopic (exact) mass is 325 g/mol. The van der Waals surface area contributed by atoms with Gasteiger partial charge in [0.25, 0.3) is 0 Å². The van der Waals surface area contributed by atoms with Crippen LogP contribution in [0, 0.1) is 0 Å². The molecule has 0 aliphatic carbocycles. The Labute approximate surface area is 121 Å². The quantitative estimate of drug-likeness (QED) is 0.364. The molecule has 5 nitrogen and oxygen atoms in total. The van der Waals surface area contributed by atoms with Crippen LogP contribution in [0.1, 0.15) is 19.4 Å². The third kappa shape index (κ3) is 3.94. The number of benzene rings is 1. The summed E-state index contributed by atoms with van der Waals surface area (Å²) in [4.78, 5) is 0. The van der Waals surface area contributed by atoms with Crippen molar-refractivity contribution in [2.75, 3.05) is 13.2 Å². The summed E-state index contributed by atoms with van der Waals surface area (Å²) in [6, 6.07) is 4.48. The molecule has 19 heavy (non-hydrogen) atoms. The van der Waals surface area contributed by atoms with Gasteiger partial charge in [-0.1, -0.05) is 28.4 Å². The highest BCUT2D eigenvalue weighted by atomic mass is 35.5. The van der Waals surface area contributed by atoms with Crippen LogP contribution >= 0.6 is 30.8 Å². The molecule has 0 saturated heterocycles. The summed E-state index contributed by atoms with van der Waals surface area (Å²) in [5.74, 6) is 0. The fourth-order valence-corrected chi connectivity index (χ4v) is 3.59. The van der Waals surface area contributed by atoms with Gasteiger partial charge in [-0.15, -0.1) is 0 Å². The second kappa shape index (κ2) is 7.27. The van der Waals surface area contributed by atoms with Crippen molar-refractivity contribution >= 4 is 36.3 Å². The molecule has 0 heterocycles. The number of nitrogens with zero attached hydrogens (tertiary/aromatic N) is 1. The maximum Gasteiger partial charge on any atom is 0.383 e. The molecule has 1 rings (SSSR count). The molecule has 1 aromatic carbocycles. The van der Waals surface area contributed by atoms with E-state index in [1.54, 1.807) is 13.8 Å². The molecule has 0 amide bonds. The van der Waals surface area contributed by atoms with Crippen LogP contribution in [0.15, 0.2) is 23.4 Å². The second-order valence-corrected chi connectivity index (χ2v) is 6.16. The first-order valence-corrected chi connectivity index (χ1v) is 7.85. The number of oxime groups is 1. The summed E-state index contributed by atoms with van der Waals surface area (Å²) in [6.45, 7) is 3.59. The van der Waals surface area contributed by atoms with Crippen LogP contribution in [0.2, 0.25) is 10.0 Å². The zero-order valence-corrected chi connectivity index (χ0v) is 12.9. The second-order valence-electron chi connectivity index (χ2n) is 3.38. The molecule has 0 aliphatic heterocycles. The zero-order valence-electron chi connectivity index (χ0n) is 10.5. The average molecular weight is 326 g/mol. The highest BCUT2D eigenvalue weighted by Crippen LogP contribution is 2.52. The summed E-state index contributed by atoms with van der Waals surface area (Å²) in [7, 11) is -3.72. The van der Waals surface area contributed by atoms with E-state index in [2.05, 4.69) is 5.16 Å². The Morgan fingerprint density at radius 2 is 1.89 bits per heavy atom. The average Bonchev–Trinajstić information content (AvgIpc) is 2.33. The molecule has 0 unspecified atom stereocenters. The van der Waals surface area contributed by atoms with Gasteiger partial charge in [-0.2, -0.15) is 0 Å². The fraction of sp³-hybridized carbons (Fsp3) is 0.364. The SMILES string of the molecule is CCOP(=O)(OCC)/C(=N/O)c1ccc(Cl)cc1Cl. The van der Waals surface area contributed by atoms with Crippen molar-refractivity contribution in [2.45, 2.75) is 13.8 Å². The molecule has 0 saturated carbocycles. The van der Waals surface area contributed by atoms with Crippen LogP contribution in [0.5, 0.6) is 0 Å². The Morgan fingerprint density at radius 1 is 1.32 bits per heavy atom. The minimum atomic E-state index is -3.72. The van der Waals surface area contributed by atoms with Gasteiger partial charge in [-0.05, 0) is 32.0 Å². The Kier molecular flexibility index (Phi) is 6.30. The Balaban J connectivity index is 3.29. The molecule has 0 bridgehead atoms. The van der Waals surface area contributed by atoms with E-state index in [4.69, 9.17) is 37.5 Å². The van der Waals surface area contributed by atoms with Crippen molar-refractivity contribution in [3.8, 4) is 0 Å². The van der Waals surface area contributed by atoms with Crippen molar-refractivity contribution in [1.82, 2.24) is 0 Å². The van der Waals surface area contributed by atoms with E-state index in [0.29, 0.717) is 5.02 Å². The van der Waals surface area contributed by atoms with E-state index in [9.17, 15) is 4.57 Å².